The van der Waals surface area contributed by atoms with Gasteiger partial charge in [0.1, 0.15) is 0 Å². The summed E-state index contributed by atoms with van der Waals surface area (Å²) >= 11 is 0. The fourth-order valence-corrected chi connectivity index (χ4v) is 4.06. The predicted molar refractivity (Wildman–Crippen MR) is 120 cm³/mol. The third-order valence-corrected chi connectivity index (χ3v) is 5.83. The van der Waals surface area contributed by atoms with Crippen LogP contribution in [0, 0.1) is 19.3 Å². The minimum atomic E-state index is -0.260. The number of imidazole rings is 1. The summed E-state index contributed by atoms with van der Waals surface area (Å²) < 4.78 is 3.88. The molecule has 5 heteroatoms. The third kappa shape index (κ3) is 3.68. The first-order valence-electron chi connectivity index (χ1n) is 10.3. The van der Waals surface area contributed by atoms with Gasteiger partial charge in [-0.3, -0.25) is 9.98 Å². The molecule has 0 amide bonds. The Labute approximate surface area is 176 Å². The zero-order valence-corrected chi connectivity index (χ0v) is 17.7. The lowest BCUT2D eigenvalue weighted by Gasteiger charge is -2.18. The maximum absolute atomic E-state index is 10.2. The molecule has 0 spiro atoms. The lowest BCUT2D eigenvalue weighted by molar-refractivity contribution is 0.224. The molecule has 30 heavy (non-hydrogen) atoms. The Kier molecular flexibility index (Phi) is 5.55. The van der Waals surface area contributed by atoms with Crippen molar-refractivity contribution in [2.75, 3.05) is 6.61 Å². The van der Waals surface area contributed by atoms with E-state index in [1.807, 2.05) is 21.3 Å². The number of aromatic nitrogens is 3. The number of aliphatic hydroxyl groups is 1. The fourth-order valence-electron chi connectivity index (χ4n) is 4.06. The Hall–Kier alpha value is -3.18. The van der Waals surface area contributed by atoms with Gasteiger partial charge < -0.3 is 9.67 Å². The van der Waals surface area contributed by atoms with Gasteiger partial charge in [0.2, 0.25) is 5.62 Å². The molecule has 0 saturated heterocycles. The van der Waals surface area contributed by atoms with E-state index in [1.54, 1.807) is 6.20 Å². The summed E-state index contributed by atoms with van der Waals surface area (Å²) in [5.41, 5.74) is 6.67. The molecule has 2 unspecified atom stereocenters. The van der Waals surface area contributed by atoms with E-state index < -0.39 is 0 Å². The summed E-state index contributed by atoms with van der Waals surface area (Å²) in [6.45, 7) is 6.19. The second kappa shape index (κ2) is 8.28. The molecule has 0 bridgehead atoms. The van der Waals surface area contributed by atoms with Gasteiger partial charge in [-0.05, 0) is 50.5 Å². The normalized spacial score (nSPS) is 13.5. The highest BCUT2D eigenvalue weighted by atomic mass is 16.3. The molecule has 2 N–H and O–H groups in total. The van der Waals surface area contributed by atoms with Crippen LogP contribution in [0.5, 0.6) is 0 Å². The van der Waals surface area contributed by atoms with Crippen molar-refractivity contribution in [3.63, 3.8) is 0 Å². The molecule has 5 nitrogen and oxygen atoms in total. The van der Waals surface area contributed by atoms with Gasteiger partial charge in [0.25, 0.3) is 0 Å². The van der Waals surface area contributed by atoms with Crippen LogP contribution in [0.2, 0.25) is 0 Å². The van der Waals surface area contributed by atoms with Crippen molar-refractivity contribution in [2.24, 2.45) is 0 Å². The van der Waals surface area contributed by atoms with E-state index >= 15 is 0 Å². The van der Waals surface area contributed by atoms with E-state index in [4.69, 9.17) is 5.41 Å². The predicted octanol–water partition coefficient (Wildman–Crippen LogP) is 4.32. The summed E-state index contributed by atoms with van der Waals surface area (Å²) in [5, 5.41) is 19.2. The average Bonchev–Trinajstić information content (AvgIpc) is 3.05. The monoisotopic (exact) mass is 400 g/mol. The van der Waals surface area contributed by atoms with Crippen LogP contribution in [0.3, 0.4) is 0 Å². The van der Waals surface area contributed by atoms with Gasteiger partial charge in [0, 0.05) is 6.20 Å². The van der Waals surface area contributed by atoms with Crippen molar-refractivity contribution >= 4 is 11.2 Å². The molecule has 0 aliphatic heterocycles. The molecule has 0 aliphatic carbocycles. The summed E-state index contributed by atoms with van der Waals surface area (Å²) in [5.74, 6) is 0. The van der Waals surface area contributed by atoms with Crippen molar-refractivity contribution < 1.29 is 5.11 Å². The molecule has 2 atom stereocenters. The second-order valence-corrected chi connectivity index (χ2v) is 8.02. The van der Waals surface area contributed by atoms with E-state index in [1.165, 1.54) is 11.1 Å². The van der Waals surface area contributed by atoms with Crippen LogP contribution in [0.1, 0.15) is 41.3 Å². The van der Waals surface area contributed by atoms with Gasteiger partial charge in [-0.2, -0.15) is 0 Å². The fraction of sp³-hybridized carbons (Fsp3) is 0.280. The van der Waals surface area contributed by atoms with Crippen molar-refractivity contribution in [3.05, 3.63) is 94.7 Å². The molecule has 154 valence electrons. The molecular formula is C25H28N4O. The van der Waals surface area contributed by atoms with Crippen molar-refractivity contribution in [1.29, 1.82) is 5.41 Å². The summed E-state index contributed by atoms with van der Waals surface area (Å²) in [6, 6.07) is 20.4. The molecule has 0 fully saturated rings. The molecule has 0 radical (unpaired) electrons. The van der Waals surface area contributed by atoms with Gasteiger partial charge in [0.15, 0.2) is 5.65 Å². The first-order chi connectivity index (χ1) is 14.5. The Morgan fingerprint density at radius 1 is 0.933 bits per heavy atom. The molecule has 2 aromatic carbocycles. The third-order valence-electron chi connectivity index (χ3n) is 5.83. The van der Waals surface area contributed by atoms with Crippen molar-refractivity contribution in [1.82, 2.24) is 14.1 Å². The molecule has 2 heterocycles. The number of pyridine rings is 1. The quantitative estimate of drug-likeness (QED) is 0.506. The van der Waals surface area contributed by atoms with E-state index in [-0.39, 0.29) is 18.7 Å². The van der Waals surface area contributed by atoms with Crippen LogP contribution < -0.4 is 5.62 Å². The number of fused-ring (bicyclic) bond motifs is 1. The maximum Gasteiger partial charge on any atom is 0.205 e. The summed E-state index contributed by atoms with van der Waals surface area (Å²) in [6.07, 6.45) is 2.39. The second-order valence-electron chi connectivity index (χ2n) is 8.02. The number of hydrogen-bond donors (Lipinski definition) is 2. The smallest absolute Gasteiger partial charge is 0.205 e. The van der Waals surface area contributed by atoms with Crippen molar-refractivity contribution in [2.45, 2.75) is 39.3 Å². The minimum absolute atomic E-state index is 0.0234. The number of nitrogens with zero attached hydrogens (tertiary/aromatic N) is 3. The number of aryl methyl sites for hydroxylation is 2. The molecule has 4 rings (SSSR count). The maximum atomic E-state index is 10.2. The molecule has 4 aromatic rings. The Morgan fingerprint density at radius 3 is 2.20 bits per heavy atom. The standard InChI is InChI=1S/C25H28N4O/c1-17-6-10-20(11-7-17)15-22(16-30)29-24-23(5-4-14-27-24)28(25(29)26)19(3)21-12-8-18(2)9-13-21/h4-14,19,22,26,30H,15-16H2,1-3H3. The van der Waals surface area contributed by atoms with Crippen molar-refractivity contribution in [3.8, 4) is 0 Å². The lowest BCUT2D eigenvalue weighted by atomic mass is 10.0. The summed E-state index contributed by atoms with van der Waals surface area (Å²) in [7, 11) is 0. The molecule has 0 aliphatic rings. The zero-order valence-electron chi connectivity index (χ0n) is 17.7. The highest BCUT2D eigenvalue weighted by Gasteiger charge is 2.22. The van der Waals surface area contributed by atoms with E-state index in [0.29, 0.717) is 12.0 Å². The molecule has 2 aromatic heterocycles. The Balaban J connectivity index is 1.82. The van der Waals surface area contributed by atoms with Crippen LogP contribution in [-0.2, 0) is 6.42 Å². The van der Waals surface area contributed by atoms with E-state index in [0.717, 1.165) is 22.3 Å². The highest BCUT2D eigenvalue weighted by Crippen LogP contribution is 2.24. The van der Waals surface area contributed by atoms with Gasteiger partial charge in [0.05, 0.1) is 24.2 Å². The van der Waals surface area contributed by atoms with Crippen LogP contribution >= 0.6 is 0 Å². The lowest BCUT2D eigenvalue weighted by Crippen LogP contribution is -2.32. The zero-order chi connectivity index (χ0) is 21.3. The van der Waals surface area contributed by atoms with Gasteiger partial charge in [-0.15, -0.1) is 0 Å². The van der Waals surface area contributed by atoms with Gasteiger partial charge in [-0.1, -0.05) is 59.7 Å². The van der Waals surface area contributed by atoms with Gasteiger partial charge in [-0.25, -0.2) is 4.98 Å². The number of benzene rings is 2. The Bertz CT molecular complexity index is 1200. The number of nitrogens with one attached hydrogen (secondary N) is 1. The van der Waals surface area contributed by atoms with Crippen LogP contribution in [-0.4, -0.2) is 25.8 Å². The Morgan fingerprint density at radius 2 is 1.57 bits per heavy atom. The number of hydrogen-bond acceptors (Lipinski definition) is 3. The minimum Gasteiger partial charge on any atom is -0.394 e. The van der Waals surface area contributed by atoms with Gasteiger partial charge >= 0.3 is 0 Å². The van der Waals surface area contributed by atoms with Crippen LogP contribution in [0.15, 0.2) is 66.9 Å². The van der Waals surface area contributed by atoms with E-state index in [9.17, 15) is 5.11 Å². The number of rotatable bonds is 6. The largest absolute Gasteiger partial charge is 0.394 e. The van der Waals surface area contributed by atoms with Crippen LogP contribution in [0.25, 0.3) is 11.2 Å². The first kappa shape index (κ1) is 20.1. The highest BCUT2D eigenvalue weighted by molar-refractivity contribution is 5.71. The van der Waals surface area contributed by atoms with Crippen LogP contribution in [0.4, 0.5) is 0 Å². The average molecular weight is 401 g/mol. The SMILES string of the molecule is Cc1ccc(CC(CO)n2c(=N)n(C(C)c3ccc(C)cc3)c3cccnc32)cc1. The molecule has 0 saturated carbocycles. The summed E-state index contributed by atoms with van der Waals surface area (Å²) in [4.78, 5) is 4.59. The number of aliphatic hydroxyl groups excluding tert-OH is 1. The topological polar surface area (TPSA) is 66.8 Å². The van der Waals surface area contributed by atoms with E-state index in [2.05, 4.69) is 74.3 Å². The first-order valence-corrected chi connectivity index (χ1v) is 10.3. The molecular weight excluding hydrogens is 372 g/mol.